The molecule has 102 valence electrons. The van der Waals surface area contributed by atoms with Crippen LogP contribution in [-0.2, 0) is 4.79 Å². The Morgan fingerprint density at radius 3 is 2.95 bits per heavy atom. The van der Waals surface area contributed by atoms with E-state index in [1.165, 1.54) is 0 Å². The van der Waals surface area contributed by atoms with Crippen molar-refractivity contribution in [2.45, 2.75) is 38.3 Å². The van der Waals surface area contributed by atoms with Crippen LogP contribution in [0.25, 0.3) is 0 Å². The zero-order chi connectivity index (χ0) is 13.2. The lowest BCUT2D eigenvalue weighted by atomic mass is 10.2. The van der Waals surface area contributed by atoms with Crippen LogP contribution in [0.1, 0.15) is 26.2 Å². The molecule has 1 unspecified atom stereocenters. The maximum absolute atomic E-state index is 12.5. The number of nitrogens with zero attached hydrogens (tertiary/aromatic N) is 1. The predicted octanol–water partition coefficient (Wildman–Crippen LogP) is 2.26. The first-order chi connectivity index (χ1) is 9.29. The van der Waals surface area contributed by atoms with Crippen molar-refractivity contribution in [1.29, 1.82) is 0 Å². The van der Waals surface area contributed by atoms with E-state index < -0.39 is 0 Å². The van der Waals surface area contributed by atoms with Crippen molar-refractivity contribution < 1.29 is 9.53 Å². The van der Waals surface area contributed by atoms with E-state index in [9.17, 15) is 4.79 Å². The molecular formula is C15H20N2O2. The number of para-hydroxylation sites is 2. The van der Waals surface area contributed by atoms with Crippen LogP contribution >= 0.6 is 0 Å². The summed E-state index contributed by atoms with van der Waals surface area (Å²) in [6, 6.07) is 8.22. The largest absolute Gasteiger partial charge is 0.477 e. The zero-order valence-corrected chi connectivity index (χ0v) is 11.3. The topological polar surface area (TPSA) is 41.6 Å². The minimum absolute atomic E-state index is 0.131. The second-order valence-corrected chi connectivity index (χ2v) is 5.25. The summed E-state index contributed by atoms with van der Waals surface area (Å²) in [5, 5.41) is 3.28. The second kappa shape index (κ2) is 5.11. The molecule has 1 atom stereocenters. The second-order valence-electron chi connectivity index (χ2n) is 5.25. The average molecular weight is 260 g/mol. The molecule has 0 radical (unpaired) electrons. The van der Waals surface area contributed by atoms with Gasteiger partial charge in [-0.2, -0.15) is 0 Å². The fourth-order valence-electron chi connectivity index (χ4n) is 2.54. The normalized spacial score (nSPS) is 21.0. The van der Waals surface area contributed by atoms with Crippen LogP contribution in [0.5, 0.6) is 5.75 Å². The fraction of sp³-hybridized carbons (Fsp3) is 0.533. The number of rotatable bonds is 4. The van der Waals surface area contributed by atoms with Crippen molar-refractivity contribution in [2.75, 3.05) is 18.4 Å². The molecule has 1 amide bonds. The van der Waals surface area contributed by atoms with Gasteiger partial charge in [0, 0.05) is 12.6 Å². The van der Waals surface area contributed by atoms with Gasteiger partial charge >= 0.3 is 0 Å². The van der Waals surface area contributed by atoms with Gasteiger partial charge in [0.2, 0.25) is 0 Å². The van der Waals surface area contributed by atoms with E-state index in [0.717, 1.165) is 37.2 Å². The average Bonchev–Trinajstić information content (AvgIpc) is 3.28. The molecule has 1 saturated carbocycles. The molecule has 2 aliphatic rings. The molecule has 1 fully saturated rings. The van der Waals surface area contributed by atoms with Crippen molar-refractivity contribution in [2.24, 2.45) is 0 Å². The maximum Gasteiger partial charge on any atom is 0.265 e. The van der Waals surface area contributed by atoms with Crippen LogP contribution in [0.4, 0.5) is 5.69 Å². The quantitative estimate of drug-likeness (QED) is 0.903. The Hall–Kier alpha value is -1.71. The molecule has 1 aromatic rings. The molecule has 1 aliphatic carbocycles. The van der Waals surface area contributed by atoms with Crippen LogP contribution in [0, 0.1) is 0 Å². The number of benzene rings is 1. The molecule has 3 rings (SSSR count). The molecule has 1 aliphatic heterocycles. The monoisotopic (exact) mass is 260 g/mol. The van der Waals surface area contributed by atoms with Gasteiger partial charge in [0.05, 0.1) is 12.2 Å². The van der Waals surface area contributed by atoms with Crippen molar-refractivity contribution in [1.82, 2.24) is 4.90 Å². The van der Waals surface area contributed by atoms with Crippen molar-refractivity contribution in [3.8, 4) is 5.75 Å². The van der Waals surface area contributed by atoms with Crippen LogP contribution in [0.2, 0.25) is 0 Å². The summed E-state index contributed by atoms with van der Waals surface area (Å²) in [5.74, 6) is 0.908. The first-order valence-electron chi connectivity index (χ1n) is 7.09. The van der Waals surface area contributed by atoms with Crippen LogP contribution in [0.3, 0.4) is 0 Å². The molecular weight excluding hydrogens is 240 g/mol. The van der Waals surface area contributed by atoms with E-state index in [2.05, 4.69) is 12.2 Å². The van der Waals surface area contributed by atoms with Gasteiger partial charge in [0.25, 0.3) is 5.91 Å². The molecule has 0 spiro atoms. The van der Waals surface area contributed by atoms with E-state index in [1.807, 2.05) is 29.2 Å². The number of fused-ring (bicyclic) bond motifs is 1. The lowest BCUT2D eigenvalue weighted by Crippen LogP contribution is -2.48. The van der Waals surface area contributed by atoms with Crippen LogP contribution in [0.15, 0.2) is 24.3 Å². The Balaban J connectivity index is 1.71. The van der Waals surface area contributed by atoms with Gasteiger partial charge in [-0.3, -0.25) is 4.79 Å². The third-order valence-corrected chi connectivity index (χ3v) is 3.64. The summed E-state index contributed by atoms with van der Waals surface area (Å²) in [6.07, 6.45) is 2.89. The Labute approximate surface area is 113 Å². The number of amides is 1. The van der Waals surface area contributed by atoms with Gasteiger partial charge in [-0.25, -0.2) is 0 Å². The third-order valence-electron chi connectivity index (χ3n) is 3.64. The molecule has 0 saturated heterocycles. The van der Waals surface area contributed by atoms with Gasteiger partial charge in [-0.05, 0) is 31.4 Å². The van der Waals surface area contributed by atoms with Crippen LogP contribution in [-0.4, -0.2) is 36.0 Å². The lowest BCUT2D eigenvalue weighted by Gasteiger charge is -2.31. The van der Waals surface area contributed by atoms with E-state index in [0.29, 0.717) is 12.6 Å². The van der Waals surface area contributed by atoms with Crippen molar-refractivity contribution in [3.05, 3.63) is 24.3 Å². The van der Waals surface area contributed by atoms with E-state index >= 15 is 0 Å². The summed E-state index contributed by atoms with van der Waals surface area (Å²) in [6.45, 7) is 3.51. The Morgan fingerprint density at radius 2 is 2.21 bits per heavy atom. The van der Waals surface area contributed by atoms with Crippen molar-refractivity contribution in [3.63, 3.8) is 0 Å². The van der Waals surface area contributed by atoms with E-state index in [4.69, 9.17) is 4.74 Å². The summed E-state index contributed by atoms with van der Waals surface area (Å²) in [4.78, 5) is 14.5. The minimum atomic E-state index is -0.387. The number of ether oxygens (including phenoxy) is 1. The molecule has 1 N–H and O–H groups in total. The molecule has 1 aromatic carbocycles. The Morgan fingerprint density at radius 1 is 1.42 bits per heavy atom. The van der Waals surface area contributed by atoms with Crippen LogP contribution < -0.4 is 10.1 Å². The summed E-state index contributed by atoms with van der Waals surface area (Å²) < 4.78 is 5.85. The summed E-state index contributed by atoms with van der Waals surface area (Å²) in [7, 11) is 0. The smallest absolute Gasteiger partial charge is 0.265 e. The Bertz CT molecular complexity index is 471. The number of carbonyl (C=O) groups excluding carboxylic acids is 1. The molecule has 19 heavy (non-hydrogen) atoms. The highest BCUT2D eigenvalue weighted by Gasteiger charge is 2.37. The fourth-order valence-corrected chi connectivity index (χ4v) is 2.54. The summed E-state index contributed by atoms with van der Waals surface area (Å²) >= 11 is 0. The van der Waals surface area contributed by atoms with E-state index in [1.54, 1.807) is 0 Å². The molecule has 0 bridgehead atoms. The number of anilines is 1. The first kappa shape index (κ1) is 12.3. The molecule has 4 heteroatoms. The highest BCUT2D eigenvalue weighted by molar-refractivity contribution is 5.83. The number of hydrogen-bond donors (Lipinski definition) is 1. The number of carbonyl (C=O) groups is 1. The SMILES string of the molecule is CCCN(C(=O)C1CNc2ccccc2O1)C1CC1. The highest BCUT2D eigenvalue weighted by atomic mass is 16.5. The van der Waals surface area contributed by atoms with Gasteiger partial charge in [0.15, 0.2) is 6.10 Å². The maximum atomic E-state index is 12.5. The van der Waals surface area contributed by atoms with Gasteiger partial charge < -0.3 is 15.0 Å². The highest BCUT2D eigenvalue weighted by Crippen LogP contribution is 2.31. The lowest BCUT2D eigenvalue weighted by molar-refractivity contribution is -0.139. The van der Waals surface area contributed by atoms with Gasteiger partial charge in [-0.15, -0.1) is 0 Å². The molecule has 1 heterocycles. The Kier molecular flexibility index (Phi) is 3.32. The zero-order valence-electron chi connectivity index (χ0n) is 11.3. The standard InChI is InChI=1S/C15H20N2O2/c1-2-9-17(11-7-8-11)15(18)14-10-16-12-5-3-4-6-13(12)19-14/h3-6,11,14,16H,2,7-10H2,1H3. The third kappa shape index (κ3) is 2.53. The number of hydrogen-bond acceptors (Lipinski definition) is 3. The molecule has 4 nitrogen and oxygen atoms in total. The van der Waals surface area contributed by atoms with Gasteiger partial charge in [-0.1, -0.05) is 19.1 Å². The van der Waals surface area contributed by atoms with Crippen molar-refractivity contribution >= 4 is 11.6 Å². The number of nitrogens with one attached hydrogen (secondary N) is 1. The molecule has 0 aromatic heterocycles. The summed E-state index contributed by atoms with van der Waals surface area (Å²) in [5.41, 5.74) is 0.972. The predicted molar refractivity (Wildman–Crippen MR) is 74.4 cm³/mol. The first-order valence-corrected chi connectivity index (χ1v) is 7.09. The minimum Gasteiger partial charge on any atom is -0.477 e. The van der Waals surface area contributed by atoms with Gasteiger partial charge in [0.1, 0.15) is 5.75 Å². The van der Waals surface area contributed by atoms with E-state index in [-0.39, 0.29) is 12.0 Å².